The van der Waals surface area contributed by atoms with E-state index in [2.05, 4.69) is 16.2 Å². The number of ether oxygens (including phenoxy) is 1. The third kappa shape index (κ3) is 1.67. The number of benzene rings is 1. The molecule has 0 atom stereocenters. The van der Waals surface area contributed by atoms with Crippen molar-refractivity contribution in [3.63, 3.8) is 0 Å². The zero-order chi connectivity index (χ0) is 10.8. The Kier molecular flexibility index (Phi) is 2.34. The van der Waals surface area contributed by atoms with Crippen molar-refractivity contribution in [3.05, 3.63) is 47.0 Å². The first-order valence-corrected chi connectivity index (χ1v) is 5.81. The van der Waals surface area contributed by atoms with Gasteiger partial charge in [-0.25, -0.2) is 4.98 Å². The van der Waals surface area contributed by atoms with Crippen LogP contribution in [-0.2, 0) is 6.61 Å². The molecule has 2 aromatic heterocycles. The monoisotopic (exact) mass is 229 g/mol. The number of aromatic nitrogens is 2. The molecule has 2 heterocycles. The first kappa shape index (κ1) is 9.42. The minimum atomic E-state index is 0.496. The molecular weight excluding hydrogens is 220 g/mol. The summed E-state index contributed by atoms with van der Waals surface area (Å²) in [6, 6.07) is 7.99. The molecular formula is C12H9N2OS. The molecule has 1 radical (unpaired) electrons. The molecule has 0 bridgehead atoms. The number of nitrogens with one attached hydrogen (secondary N) is 1. The van der Waals surface area contributed by atoms with E-state index in [1.807, 2.05) is 29.6 Å². The van der Waals surface area contributed by atoms with E-state index >= 15 is 0 Å². The molecule has 0 spiro atoms. The van der Waals surface area contributed by atoms with Crippen molar-refractivity contribution in [3.8, 4) is 5.75 Å². The molecule has 79 valence electrons. The molecule has 4 heteroatoms. The zero-order valence-corrected chi connectivity index (χ0v) is 9.25. The molecule has 0 saturated carbocycles. The van der Waals surface area contributed by atoms with Crippen LogP contribution in [-0.4, -0.2) is 9.97 Å². The number of rotatable bonds is 3. The molecule has 3 aromatic rings. The van der Waals surface area contributed by atoms with Crippen molar-refractivity contribution in [2.75, 3.05) is 0 Å². The first-order valence-electron chi connectivity index (χ1n) is 4.93. The molecule has 3 rings (SSSR count). The van der Waals surface area contributed by atoms with Gasteiger partial charge >= 0.3 is 0 Å². The van der Waals surface area contributed by atoms with Crippen molar-refractivity contribution in [2.45, 2.75) is 6.61 Å². The number of hydrogen-bond acceptors (Lipinski definition) is 3. The minimum Gasteiger partial charge on any atom is -0.483 e. The molecule has 0 aliphatic heterocycles. The van der Waals surface area contributed by atoms with Gasteiger partial charge in [-0.15, -0.1) is 11.3 Å². The standard InChI is InChI=1S/C12H9N2OS/c1-2-4-10-9(3-1)11(7-14-10)15-8-12-13-5-6-16-12/h1-6,14H,8H2. The number of aromatic amines is 1. The second-order valence-electron chi connectivity index (χ2n) is 3.34. The van der Waals surface area contributed by atoms with Crippen molar-refractivity contribution in [1.29, 1.82) is 0 Å². The molecule has 0 saturated heterocycles. The van der Waals surface area contributed by atoms with Crippen LogP contribution in [0.1, 0.15) is 5.01 Å². The number of para-hydroxylation sites is 1. The summed E-state index contributed by atoms with van der Waals surface area (Å²) in [5, 5.41) is 3.97. The van der Waals surface area contributed by atoms with Crippen LogP contribution in [0.3, 0.4) is 0 Å². The summed E-state index contributed by atoms with van der Waals surface area (Å²) in [4.78, 5) is 7.22. The lowest BCUT2D eigenvalue weighted by molar-refractivity contribution is 0.308. The van der Waals surface area contributed by atoms with Gasteiger partial charge in [-0.3, -0.25) is 0 Å². The van der Waals surface area contributed by atoms with E-state index in [4.69, 9.17) is 4.74 Å². The molecule has 1 N–H and O–H groups in total. The Bertz CT molecular complexity index is 586. The van der Waals surface area contributed by atoms with Gasteiger partial charge in [0.2, 0.25) is 0 Å². The second kappa shape index (κ2) is 3.98. The highest BCUT2D eigenvalue weighted by Gasteiger charge is 2.05. The van der Waals surface area contributed by atoms with E-state index in [0.717, 1.165) is 21.7 Å². The maximum absolute atomic E-state index is 5.66. The molecule has 0 unspecified atom stereocenters. The van der Waals surface area contributed by atoms with Gasteiger partial charge in [0.05, 0.1) is 0 Å². The van der Waals surface area contributed by atoms with Crippen LogP contribution in [0.4, 0.5) is 0 Å². The van der Waals surface area contributed by atoms with Crippen LogP contribution in [0, 0.1) is 6.20 Å². The second-order valence-corrected chi connectivity index (χ2v) is 4.32. The number of H-pyrrole nitrogens is 1. The maximum atomic E-state index is 5.66. The Morgan fingerprint density at radius 1 is 1.38 bits per heavy atom. The van der Waals surface area contributed by atoms with Gasteiger partial charge in [0, 0.05) is 22.5 Å². The summed E-state index contributed by atoms with van der Waals surface area (Å²) < 4.78 is 5.66. The summed E-state index contributed by atoms with van der Waals surface area (Å²) in [7, 11) is 0. The molecule has 0 aliphatic rings. The third-order valence-corrected chi connectivity index (χ3v) is 3.06. The van der Waals surface area contributed by atoms with Gasteiger partial charge in [-0.05, 0) is 12.1 Å². The lowest BCUT2D eigenvalue weighted by atomic mass is 10.2. The maximum Gasteiger partial charge on any atom is 0.154 e. The highest BCUT2D eigenvalue weighted by molar-refractivity contribution is 7.09. The number of fused-ring (bicyclic) bond motifs is 1. The highest BCUT2D eigenvalue weighted by Crippen LogP contribution is 2.25. The van der Waals surface area contributed by atoms with Gasteiger partial charge in [-0.1, -0.05) is 12.1 Å². The van der Waals surface area contributed by atoms with E-state index in [-0.39, 0.29) is 0 Å². The summed E-state index contributed by atoms with van der Waals surface area (Å²) in [6.45, 7) is 0.496. The van der Waals surface area contributed by atoms with Crippen LogP contribution in [0.2, 0.25) is 0 Å². The van der Waals surface area contributed by atoms with Gasteiger partial charge in [0.1, 0.15) is 17.8 Å². The fourth-order valence-corrected chi connectivity index (χ4v) is 2.08. The van der Waals surface area contributed by atoms with Crippen molar-refractivity contribution < 1.29 is 4.74 Å². The topological polar surface area (TPSA) is 37.9 Å². The lowest BCUT2D eigenvalue weighted by Crippen LogP contribution is -1.93. The Morgan fingerprint density at radius 3 is 3.19 bits per heavy atom. The van der Waals surface area contributed by atoms with Gasteiger partial charge in [0.25, 0.3) is 0 Å². The molecule has 0 fully saturated rings. The van der Waals surface area contributed by atoms with Crippen LogP contribution < -0.4 is 4.74 Å². The Balaban J connectivity index is 1.84. The predicted molar refractivity (Wildman–Crippen MR) is 63.6 cm³/mol. The van der Waals surface area contributed by atoms with E-state index in [1.54, 1.807) is 17.5 Å². The summed E-state index contributed by atoms with van der Waals surface area (Å²) in [5.41, 5.74) is 1.04. The van der Waals surface area contributed by atoms with Gasteiger partial charge in [0.15, 0.2) is 5.75 Å². The molecule has 16 heavy (non-hydrogen) atoms. The van der Waals surface area contributed by atoms with Gasteiger partial charge < -0.3 is 9.72 Å². The zero-order valence-electron chi connectivity index (χ0n) is 8.43. The van der Waals surface area contributed by atoms with Crippen molar-refractivity contribution in [2.24, 2.45) is 0 Å². The van der Waals surface area contributed by atoms with E-state index in [9.17, 15) is 0 Å². The summed E-state index contributed by atoms with van der Waals surface area (Å²) in [6.07, 6.45) is 4.79. The van der Waals surface area contributed by atoms with E-state index in [0.29, 0.717) is 6.61 Å². The number of hydrogen-bond donors (Lipinski definition) is 1. The molecule has 1 aromatic carbocycles. The van der Waals surface area contributed by atoms with Gasteiger partial charge in [-0.2, -0.15) is 0 Å². The lowest BCUT2D eigenvalue weighted by Gasteiger charge is -2.00. The van der Waals surface area contributed by atoms with E-state index in [1.165, 1.54) is 0 Å². The summed E-state index contributed by atoms with van der Waals surface area (Å²) in [5.74, 6) is 0.755. The smallest absolute Gasteiger partial charge is 0.154 e. The highest BCUT2D eigenvalue weighted by atomic mass is 32.1. The third-order valence-electron chi connectivity index (χ3n) is 2.31. The predicted octanol–water partition coefficient (Wildman–Crippen LogP) is 3.00. The SMILES string of the molecule is [c]1[nH]c2ccccc2c1OCc1nccs1. The van der Waals surface area contributed by atoms with E-state index < -0.39 is 0 Å². The average molecular weight is 229 g/mol. The molecule has 0 aliphatic carbocycles. The molecule has 3 nitrogen and oxygen atoms in total. The Hall–Kier alpha value is -1.81. The van der Waals surface area contributed by atoms with Crippen LogP contribution >= 0.6 is 11.3 Å². The largest absolute Gasteiger partial charge is 0.483 e. The van der Waals surface area contributed by atoms with Crippen LogP contribution in [0.25, 0.3) is 10.9 Å². The van der Waals surface area contributed by atoms with Crippen molar-refractivity contribution in [1.82, 2.24) is 9.97 Å². The fraction of sp³-hybridized carbons (Fsp3) is 0.0833. The molecule has 0 amide bonds. The first-order chi connectivity index (χ1) is 7.93. The fourth-order valence-electron chi connectivity index (χ4n) is 1.55. The van der Waals surface area contributed by atoms with Crippen LogP contribution in [0.15, 0.2) is 35.8 Å². The quantitative estimate of drug-likeness (QED) is 0.749. The average Bonchev–Trinajstić information content (AvgIpc) is 2.96. The minimum absolute atomic E-state index is 0.496. The normalized spacial score (nSPS) is 10.8. The number of nitrogens with zero attached hydrogens (tertiary/aromatic N) is 1. The Labute approximate surface area is 96.7 Å². The Morgan fingerprint density at radius 2 is 2.31 bits per heavy atom. The number of thiazole rings is 1. The van der Waals surface area contributed by atoms with Crippen molar-refractivity contribution >= 4 is 22.2 Å². The van der Waals surface area contributed by atoms with Crippen LogP contribution in [0.5, 0.6) is 5.75 Å². The summed E-state index contributed by atoms with van der Waals surface area (Å²) >= 11 is 1.59.